The molecule has 0 spiro atoms. The van der Waals surface area contributed by atoms with Crippen molar-refractivity contribution in [2.75, 3.05) is 26.2 Å². The van der Waals surface area contributed by atoms with Gasteiger partial charge in [-0.1, -0.05) is 110 Å². The summed E-state index contributed by atoms with van der Waals surface area (Å²) < 4.78 is 5.48. The molecule has 1 aliphatic heterocycles. The molecule has 9 heteroatoms. The van der Waals surface area contributed by atoms with E-state index in [1.807, 2.05) is 60.4 Å². The molecule has 6 N–H and O–H groups in total. The van der Waals surface area contributed by atoms with Crippen molar-refractivity contribution in [1.82, 2.24) is 15.5 Å². The van der Waals surface area contributed by atoms with E-state index in [9.17, 15) is 9.59 Å². The highest BCUT2D eigenvalue weighted by Gasteiger charge is 2.36. The Balaban J connectivity index is 1.43. The third kappa shape index (κ3) is 9.58. The number of fused-ring (bicyclic) bond motifs is 1. The minimum Gasteiger partial charge on any atom is -0.450 e. The van der Waals surface area contributed by atoms with Crippen molar-refractivity contribution in [3.05, 3.63) is 120 Å². The molecule has 2 amide bonds. The quantitative estimate of drug-likeness (QED) is 0.0830. The van der Waals surface area contributed by atoms with Gasteiger partial charge < -0.3 is 31.7 Å². The Bertz CT molecular complexity index is 1600. The summed E-state index contributed by atoms with van der Waals surface area (Å²) in [5, 5.41) is 9.15. The number of aliphatic imine (C=N–C) groups is 1. The molecule has 5 rings (SSSR count). The number of amides is 2. The smallest absolute Gasteiger partial charge is 0.407 e. The number of rotatable bonds is 14. The number of nitrogens with zero attached hydrogens (tertiary/aromatic N) is 2. The van der Waals surface area contributed by atoms with Crippen molar-refractivity contribution < 1.29 is 14.3 Å². The number of nitrogens with two attached hydrogens (primary N) is 2. The fourth-order valence-electron chi connectivity index (χ4n) is 6.54. The first-order valence-electron chi connectivity index (χ1n) is 17.0. The number of alkyl carbamates (subject to hydrolysis) is 1. The van der Waals surface area contributed by atoms with E-state index in [1.165, 1.54) is 0 Å². The van der Waals surface area contributed by atoms with Gasteiger partial charge in [0.1, 0.15) is 0 Å². The third-order valence-corrected chi connectivity index (χ3v) is 8.98. The van der Waals surface area contributed by atoms with Crippen LogP contribution in [0.25, 0.3) is 10.8 Å². The molecule has 0 aliphatic carbocycles. The molecule has 3 atom stereocenters. The number of hydrogen-bond donors (Lipinski definition) is 4. The number of carbonyl (C=O) groups excluding carboxylic acids is 2. The van der Waals surface area contributed by atoms with E-state index in [0.29, 0.717) is 51.9 Å². The molecular formula is C39H48N6O3. The van der Waals surface area contributed by atoms with Crippen LogP contribution >= 0.6 is 0 Å². The van der Waals surface area contributed by atoms with Gasteiger partial charge in [-0.2, -0.15) is 0 Å². The van der Waals surface area contributed by atoms with Crippen LogP contribution in [0.3, 0.4) is 0 Å². The van der Waals surface area contributed by atoms with Crippen LogP contribution in [-0.4, -0.2) is 67.2 Å². The molecule has 0 radical (unpaired) electrons. The van der Waals surface area contributed by atoms with Gasteiger partial charge in [0.2, 0.25) is 5.91 Å². The molecular weight excluding hydrogens is 600 g/mol. The lowest BCUT2D eigenvalue weighted by atomic mass is 9.90. The molecule has 9 nitrogen and oxygen atoms in total. The SMILES string of the molecule is CCCOC(=O)NC(Cc1ccc2ccccc2c1)C1CCN(CC(c2ccccc2)c2ccccc2)C(=O)[C@H](CCCN=C(N)N)N1. The summed E-state index contributed by atoms with van der Waals surface area (Å²) in [4.78, 5) is 33.5. The maximum absolute atomic E-state index is 14.4. The second-order valence-corrected chi connectivity index (χ2v) is 12.5. The van der Waals surface area contributed by atoms with Crippen LogP contribution in [0.15, 0.2) is 108 Å². The van der Waals surface area contributed by atoms with Gasteiger partial charge in [0.25, 0.3) is 0 Å². The minimum absolute atomic E-state index is 0.00531. The number of guanidine groups is 1. The highest BCUT2D eigenvalue weighted by atomic mass is 16.5. The van der Waals surface area contributed by atoms with Crippen LogP contribution in [-0.2, 0) is 16.0 Å². The molecule has 1 fully saturated rings. The molecule has 0 bridgehead atoms. The summed E-state index contributed by atoms with van der Waals surface area (Å²) in [6.45, 7) is 3.81. The van der Waals surface area contributed by atoms with Crippen molar-refractivity contribution in [2.45, 2.75) is 63.1 Å². The number of benzene rings is 4. The van der Waals surface area contributed by atoms with Gasteiger partial charge in [-0.05, 0) is 59.6 Å². The van der Waals surface area contributed by atoms with Crippen LogP contribution in [0.1, 0.15) is 55.2 Å². The molecule has 0 aromatic heterocycles. The highest BCUT2D eigenvalue weighted by Crippen LogP contribution is 2.28. The average molecular weight is 649 g/mol. The van der Waals surface area contributed by atoms with Crippen LogP contribution in [0.2, 0.25) is 0 Å². The van der Waals surface area contributed by atoms with Crippen molar-refractivity contribution in [2.24, 2.45) is 16.5 Å². The normalized spacial score (nSPS) is 17.1. The van der Waals surface area contributed by atoms with Gasteiger partial charge in [0, 0.05) is 31.6 Å². The van der Waals surface area contributed by atoms with E-state index in [4.69, 9.17) is 16.2 Å². The van der Waals surface area contributed by atoms with E-state index in [0.717, 1.165) is 33.9 Å². The van der Waals surface area contributed by atoms with Gasteiger partial charge in [0.05, 0.1) is 18.7 Å². The zero-order valence-corrected chi connectivity index (χ0v) is 27.8. The molecule has 1 heterocycles. The lowest BCUT2D eigenvalue weighted by Crippen LogP contribution is -2.55. The van der Waals surface area contributed by atoms with Crippen LogP contribution in [0.4, 0.5) is 4.79 Å². The first kappa shape index (κ1) is 34.4. The number of hydrogen-bond acceptors (Lipinski definition) is 5. The van der Waals surface area contributed by atoms with E-state index < -0.39 is 12.1 Å². The van der Waals surface area contributed by atoms with Crippen molar-refractivity contribution >= 4 is 28.7 Å². The first-order chi connectivity index (χ1) is 23.4. The third-order valence-electron chi connectivity index (χ3n) is 8.98. The van der Waals surface area contributed by atoms with E-state index in [1.54, 1.807) is 0 Å². The Kier molecular flexibility index (Phi) is 12.4. The van der Waals surface area contributed by atoms with Crippen LogP contribution in [0.5, 0.6) is 0 Å². The lowest BCUT2D eigenvalue weighted by Gasteiger charge is -2.30. The molecule has 4 aromatic carbocycles. The largest absolute Gasteiger partial charge is 0.450 e. The fourth-order valence-corrected chi connectivity index (χ4v) is 6.54. The summed E-state index contributed by atoms with van der Waals surface area (Å²) >= 11 is 0. The van der Waals surface area contributed by atoms with Crippen LogP contribution in [0, 0.1) is 0 Å². The molecule has 1 saturated heterocycles. The standard InChI is InChI=1S/C39H48N6O3/c1-2-24-48-39(47)44-36(26-28-19-20-29-12-9-10-17-32(29)25-28)34-21-23-45(37(46)35(43-34)18-11-22-42-38(40)41)27-33(30-13-5-3-6-14-30)31-15-7-4-8-16-31/h3-10,12-17,19-20,25,33-36,43H,2,11,18,21-24,26-27H2,1H3,(H,44,47)(H4,40,41,42)/t34?,35-,36?/m0/s1. The van der Waals surface area contributed by atoms with E-state index >= 15 is 0 Å². The van der Waals surface area contributed by atoms with E-state index in [2.05, 4.69) is 70.2 Å². The number of ether oxygens (including phenoxy) is 1. The van der Waals surface area contributed by atoms with Gasteiger partial charge in [-0.3, -0.25) is 9.79 Å². The molecule has 2 unspecified atom stereocenters. The maximum atomic E-state index is 14.4. The second-order valence-electron chi connectivity index (χ2n) is 12.5. The molecule has 48 heavy (non-hydrogen) atoms. The lowest BCUT2D eigenvalue weighted by molar-refractivity contribution is -0.133. The summed E-state index contributed by atoms with van der Waals surface area (Å²) in [5.41, 5.74) is 14.6. The van der Waals surface area contributed by atoms with Gasteiger partial charge in [0.15, 0.2) is 5.96 Å². The summed E-state index contributed by atoms with van der Waals surface area (Å²) in [5.74, 6) is 0.0799. The van der Waals surface area contributed by atoms with Gasteiger partial charge in [-0.25, -0.2) is 4.79 Å². The Morgan fingerprint density at radius 3 is 2.29 bits per heavy atom. The fraction of sp³-hybridized carbons (Fsp3) is 0.359. The zero-order valence-electron chi connectivity index (χ0n) is 27.8. The monoisotopic (exact) mass is 648 g/mol. The minimum atomic E-state index is -0.480. The Labute approximate surface area is 283 Å². The topological polar surface area (TPSA) is 135 Å². The summed E-state index contributed by atoms with van der Waals surface area (Å²) in [7, 11) is 0. The molecule has 1 aliphatic rings. The van der Waals surface area contributed by atoms with E-state index in [-0.39, 0.29) is 29.9 Å². The maximum Gasteiger partial charge on any atom is 0.407 e. The predicted molar refractivity (Wildman–Crippen MR) is 193 cm³/mol. The van der Waals surface area contributed by atoms with Gasteiger partial charge in [-0.15, -0.1) is 0 Å². The number of nitrogens with one attached hydrogen (secondary N) is 2. The van der Waals surface area contributed by atoms with Crippen molar-refractivity contribution in [3.8, 4) is 0 Å². The van der Waals surface area contributed by atoms with Crippen molar-refractivity contribution in [1.29, 1.82) is 0 Å². The highest BCUT2D eigenvalue weighted by molar-refractivity contribution is 5.83. The Morgan fingerprint density at radius 2 is 1.62 bits per heavy atom. The summed E-state index contributed by atoms with van der Waals surface area (Å²) in [6.07, 6.45) is 2.69. The van der Waals surface area contributed by atoms with Crippen LogP contribution < -0.4 is 22.1 Å². The van der Waals surface area contributed by atoms with Crippen molar-refractivity contribution in [3.63, 3.8) is 0 Å². The first-order valence-corrected chi connectivity index (χ1v) is 17.0. The van der Waals surface area contributed by atoms with Gasteiger partial charge >= 0.3 is 6.09 Å². The Hall–Kier alpha value is -4.89. The zero-order chi connectivity index (χ0) is 33.7. The number of carbonyl (C=O) groups is 2. The summed E-state index contributed by atoms with van der Waals surface area (Å²) in [6, 6.07) is 34.3. The Morgan fingerprint density at radius 1 is 0.958 bits per heavy atom. The predicted octanol–water partition coefficient (Wildman–Crippen LogP) is 5.33. The second kappa shape index (κ2) is 17.3. The average Bonchev–Trinajstić information content (AvgIpc) is 3.26. The molecule has 4 aromatic rings. The molecule has 252 valence electrons. The molecule has 0 saturated carbocycles.